The van der Waals surface area contributed by atoms with E-state index in [9.17, 15) is 18.4 Å². The minimum Gasteiger partial charge on any atom is -0.497 e. The Labute approximate surface area is 137 Å². The van der Waals surface area contributed by atoms with Crippen LogP contribution in [0.4, 0.5) is 14.5 Å². The third-order valence-electron chi connectivity index (χ3n) is 3.05. The molecule has 24 heavy (non-hydrogen) atoms. The number of amides is 1. The highest BCUT2D eigenvalue weighted by Gasteiger charge is 2.11. The third kappa shape index (κ3) is 5.05. The van der Waals surface area contributed by atoms with E-state index in [0.29, 0.717) is 17.4 Å². The molecule has 0 fully saturated rings. The summed E-state index contributed by atoms with van der Waals surface area (Å²) in [5.41, 5.74) is 0.481. The average Bonchev–Trinajstić information content (AvgIpc) is 2.56. The molecule has 0 saturated carbocycles. The van der Waals surface area contributed by atoms with Gasteiger partial charge in [0.1, 0.15) is 17.4 Å². The molecule has 0 bridgehead atoms. The fourth-order valence-electron chi connectivity index (χ4n) is 1.92. The molecule has 126 valence electrons. The van der Waals surface area contributed by atoms with E-state index < -0.39 is 30.1 Å². The fourth-order valence-corrected chi connectivity index (χ4v) is 1.92. The van der Waals surface area contributed by atoms with E-state index in [1.807, 2.05) is 0 Å². The summed E-state index contributed by atoms with van der Waals surface area (Å²) in [6.45, 7) is -0.570. The topological polar surface area (TPSA) is 64.6 Å². The summed E-state index contributed by atoms with van der Waals surface area (Å²) in [7, 11) is 1.51. The van der Waals surface area contributed by atoms with Crippen LogP contribution < -0.4 is 10.1 Å². The predicted molar refractivity (Wildman–Crippen MR) is 82.6 cm³/mol. The second-order valence-electron chi connectivity index (χ2n) is 4.86. The number of hydrogen-bond donors (Lipinski definition) is 1. The minimum atomic E-state index is -0.911. The molecule has 0 aliphatic rings. The molecule has 7 heteroatoms. The van der Waals surface area contributed by atoms with Crippen LogP contribution in [0.15, 0.2) is 42.5 Å². The summed E-state index contributed by atoms with van der Waals surface area (Å²) in [6.07, 6.45) is -0.0324. The van der Waals surface area contributed by atoms with Gasteiger partial charge in [-0.15, -0.1) is 0 Å². The number of anilines is 1. The normalized spacial score (nSPS) is 10.1. The zero-order chi connectivity index (χ0) is 17.5. The highest BCUT2D eigenvalue weighted by Crippen LogP contribution is 2.15. The number of methoxy groups -OCH3 is 1. The molecule has 2 aromatic rings. The second kappa shape index (κ2) is 8.05. The van der Waals surface area contributed by atoms with Crippen LogP contribution in [0.3, 0.4) is 0 Å². The van der Waals surface area contributed by atoms with Gasteiger partial charge in [-0.1, -0.05) is 12.1 Å². The predicted octanol–water partition coefficient (Wildman–Crippen LogP) is 2.70. The van der Waals surface area contributed by atoms with Crippen LogP contribution in [0, 0.1) is 11.6 Å². The van der Waals surface area contributed by atoms with Crippen LogP contribution in [0.25, 0.3) is 0 Å². The lowest BCUT2D eigenvalue weighted by molar-refractivity contribution is -0.146. The summed E-state index contributed by atoms with van der Waals surface area (Å²) in [5.74, 6) is -2.40. The van der Waals surface area contributed by atoms with Crippen LogP contribution in [0.5, 0.6) is 5.75 Å². The summed E-state index contributed by atoms with van der Waals surface area (Å²) >= 11 is 0. The molecule has 0 aliphatic carbocycles. The number of nitrogens with one attached hydrogen (secondary N) is 1. The molecule has 0 aliphatic heterocycles. The number of halogens is 2. The maximum Gasteiger partial charge on any atom is 0.310 e. The van der Waals surface area contributed by atoms with Gasteiger partial charge in [0.25, 0.3) is 5.91 Å². The van der Waals surface area contributed by atoms with Crippen molar-refractivity contribution >= 4 is 17.6 Å². The van der Waals surface area contributed by atoms with Gasteiger partial charge in [0.2, 0.25) is 0 Å². The highest BCUT2D eigenvalue weighted by molar-refractivity contribution is 5.93. The fraction of sp³-hybridized carbons (Fsp3) is 0.176. The maximum absolute atomic E-state index is 13.4. The molecule has 0 spiro atoms. The van der Waals surface area contributed by atoms with Gasteiger partial charge in [0.15, 0.2) is 6.61 Å². The van der Waals surface area contributed by atoms with Gasteiger partial charge in [-0.2, -0.15) is 0 Å². The highest BCUT2D eigenvalue weighted by atomic mass is 19.1. The lowest BCUT2D eigenvalue weighted by atomic mass is 10.1. The molecular formula is C17H15F2NO4. The molecule has 0 aromatic heterocycles. The van der Waals surface area contributed by atoms with E-state index >= 15 is 0 Å². The van der Waals surface area contributed by atoms with E-state index in [0.717, 1.165) is 12.1 Å². The van der Waals surface area contributed by atoms with Gasteiger partial charge in [-0.3, -0.25) is 9.59 Å². The number of carbonyl (C=O) groups excluding carboxylic acids is 2. The van der Waals surface area contributed by atoms with Gasteiger partial charge in [-0.05, 0) is 29.8 Å². The Hall–Kier alpha value is -2.96. The molecular weight excluding hydrogens is 320 g/mol. The number of carbonyl (C=O) groups is 2. The first-order valence-corrected chi connectivity index (χ1v) is 7.01. The van der Waals surface area contributed by atoms with Crippen molar-refractivity contribution in [1.82, 2.24) is 0 Å². The van der Waals surface area contributed by atoms with Gasteiger partial charge in [-0.25, -0.2) is 8.78 Å². The van der Waals surface area contributed by atoms with Crippen molar-refractivity contribution in [3.8, 4) is 5.75 Å². The van der Waals surface area contributed by atoms with Crippen molar-refractivity contribution in [2.24, 2.45) is 0 Å². The van der Waals surface area contributed by atoms with E-state index in [1.165, 1.54) is 7.11 Å². The molecule has 2 rings (SSSR count). The van der Waals surface area contributed by atoms with Gasteiger partial charge >= 0.3 is 5.97 Å². The largest absolute Gasteiger partial charge is 0.497 e. The number of esters is 1. The molecule has 0 saturated heterocycles. The van der Waals surface area contributed by atoms with Crippen molar-refractivity contribution in [1.29, 1.82) is 0 Å². The number of ether oxygens (including phenoxy) is 2. The monoisotopic (exact) mass is 335 g/mol. The number of hydrogen-bond acceptors (Lipinski definition) is 4. The minimum absolute atomic E-state index is 0.0324. The first-order valence-electron chi connectivity index (χ1n) is 7.01. The Morgan fingerprint density at radius 3 is 2.62 bits per heavy atom. The van der Waals surface area contributed by atoms with Crippen molar-refractivity contribution in [2.45, 2.75) is 6.42 Å². The van der Waals surface area contributed by atoms with Crippen molar-refractivity contribution in [3.05, 3.63) is 59.7 Å². The Kier molecular flexibility index (Phi) is 5.83. The Bertz CT molecular complexity index is 749. The maximum atomic E-state index is 13.4. The smallest absolute Gasteiger partial charge is 0.310 e. The molecule has 0 radical (unpaired) electrons. The molecule has 2 aromatic carbocycles. The average molecular weight is 335 g/mol. The van der Waals surface area contributed by atoms with E-state index in [-0.39, 0.29) is 12.1 Å². The molecule has 0 unspecified atom stereocenters. The zero-order valence-corrected chi connectivity index (χ0v) is 12.8. The van der Waals surface area contributed by atoms with E-state index in [1.54, 1.807) is 24.3 Å². The summed E-state index contributed by atoms with van der Waals surface area (Å²) in [4.78, 5) is 23.4. The van der Waals surface area contributed by atoms with Crippen LogP contribution in [0.1, 0.15) is 5.56 Å². The second-order valence-corrected chi connectivity index (χ2v) is 4.86. The van der Waals surface area contributed by atoms with E-state index in [2.05, 4.69) is 5.32 Å². The van der Waals surface area contributed by atoms with Crippen LogP contribution in [-0.2, 0) is 20.7 Å². The molecule has 1 amide bonds. The first-order chi connectivity index (χ1) is 11.5. The van der Waals surface area contributed by atoms with Gasteiger partial charge < -0.3 is 14.8 Å². The SMILES string of the molecule is COc1cccc(CC(=O)OCC(=O)Nc2ccc(F)cc2F)c1. The summed E-state index contributed by atoms with van der Waals surface area (Å²) in [5, 5.41) is 2.20. The molecule has 1 N–H and O–H groups in total. The third-order valence-corrected chi connectivity index (χ3v) is 3.05. The number of benzene rings is 2. The Morgan fingerprint density at radius 1 is 1.12 bits per heavy atom. The lowest BCUT2D eigenvalue weighted by Crippen LogP contribution is -2.22. The van der Waals surface area contributed by atoms with E-state index in [4.69, 9.17) is 9.47 Å². The van der Waals surface area contributed by atoms with Crippen LogP contribution in [0.2, 0.25) is 0 Å². The van der Waals surface area contributed by atoms with Crippen LogP contribution in [-0.4, -0.2) is 25.6 Å². The summed E-state index contributed by atoms with van der Waals surface area (Å²) in [6, 6.07) is 9.59. The van der Waals surface area contributed by atoms with Gasteiger partial charge in [0, 0.05) is 6.07 Å². The molecule has 0 atom stereocenters. The standard InChI is InChI=1S/C17H15F2NO4/c1-23-13-4-2-3-11(7-13)8-17(22)24-10-16(21)20-15-6-5-12(18)9-14(15)19/h2-7,9H,8,10H2,1H3,(H,20,21). The lowest BCUT2D eigenvalue weighted by Gasteiger charge is -2.08. The Morgan fingerprint density at radius 2 is 1.92 bits per heavy atom. The van der Waals surface area contributed by atoms with Crippen molar-refractivity contribution < 1.29 is 27.8 Å². The van der Waals surface area contributed by atoms with Gasteiger partial charge in [0.05, 0.1) is 19.2 Å². The molecule has 0 heterocycles. The molecule has 5 nitrogen and oxygen atoms in total. The summed E-state index contributed by atoms with van der Waals surface area (Å²) < 4.78 is 36.0. The van der Waals surface area contributed by atoms with Crippen LogP contribution >= 0.6 is 0 Å². The first kappa shape index (κ1) is 17.4. The van der Waals surface area contributed by atoms with Crippen molar-refractivity contribution in [3.63, 3.8) is 0 Å². The Balaban J connectivity index is 1.83. The zero-order valence-electron chi connectivity index (χ0n) is 12.8. The van der Waals surface area contributed by atoms with Crippen molar-refractivity contribution in [2.75, 3.05) is 19.0 Å². The quantitative estimate of drug-likeness (QED) is 0.825. The number of rotatable bonds is 6.